The summed E-state index contributed by atoms with van der Waals surface area (Å²) in [5, 5.41) is 5.41. The van der Waals surface area contributed by atoms with Gasteiger partial charge in [-0.25, -0.2) is 4.39 Å². The van der Waals surface area contributed by atoms with Crippen molar-refractivity contribution in [1.82, 2.24) is 15.5 Å². The average Bonchev–Trinajstić information content (AvgIpc) is 3.44. The predicted molar refractivity (Wildman–Crippen MR) is 134 cm³/mol. The fourth-order valence-electron chi connectivity index (χ4n) is 4.34. The molecule has 2 N–H and O–H groups in total. The molecule has 0 unspecified atom stereocenters. The van der Waals surface area contributed by atoms with Crippen molar-refractivity contribution >= 4 is 17.5 Å². The van der Waals surface area contributed by atoms with Crippen LogP contribution in [-0.2, 0) is 16.0 Å². The largest absolute Gasteiger partial charge is 0.497 e. The minimum Gasteiger partial charge on any atom is -0.497 e. The SMILES string of the molecule is COc1ccc(CCNC(=O)C(=O)NC[C@@H](c2ccco2)N2CCN(c3ccccc3F)CC2)cc1. The molecule has 3 aromatic rings. The summed E-state index contributed by atoms with van der Waals surface area (Å²) in [6, 6.07) is 17.7. The number of halogens is 1. The van der Waals surface area contributed by atoms with Crippen LogP contribution in [0.25, 0.3) is 0 Å². The van der Waals surface area contributed by atoms with Crippen molar-refractivity contribution in [1.29, 1.82) is 0 Å². The highest BCUT2D eigenvalue weighted by Gasteiger charge is 2.28. The van der Waals surface area contributed by atoms with Gasteiger partial charge in [-0.2, -0.15) is 0 Å². The van der Waals surface area contributed by atoms with Gasteiger partial charge in [0, 0.05) is 39.3 Å². The Balaban J connectivity index is 1.27. The topological polar surface area (TPSA) is 87.0 Å². The second-order valence-corrected chi connectivity index (χ2v) is 8.57. The minimum atomic E-state index is -0.689. The normalized spacial score (nSPS) is 14.8. The number of anilines is 1. The Kier molecular flexibility index (Phi) is 8.57. The van der Waals surface area contributed by atoms with Crippen LogP contribution in [-0.4, -0.2) is 63.1 Å². The molecule has 190 valence electrons. The molecule has 0 saturated carbocycles. The molecule has 0 bridgehead atoms. The molecule has 0 aliphatic carbocycles. The van der Waals surface area contributed by atoms with E-state index in [4.69, 9.17) is 9.15 Å². The highest BCUT2D eigenvalue weighted by molar-refractivity contribution is 6.35. The van der Waals surface area contributed by atoms with E-state index in [0.29, 0.717) is 50.6 Å². The van der Waals surface area contributed by atoms with E-state index in [2.05, 4.69) is 15.5 Å². The number of hydrogen-bond acceptors (Lipinski definition) is 6. The zero-order valence-electron chi connectivity index (χ0n) is 20.3. The Morgan fingerprint density at radius 1 is 0.972 bits per heavy atom. The van der Waals surface area contributed by atoms with Gasteiger partial charge in [-0.3, -0.25) is 14.5 Å². The first-order valence-electron chi connectivity index (χ1n) is 12.0. The summed E-state index contributed by atoms with van der Waals surface area (Å²) in [6.45, 7) is 3.15. The molecular weight excluding hydrogens is 463 g/mol. The maximum absolute atomic E-state index is 14.2. The van der Waals surface area contributed by atoms with Gasteiger partial charge in [-0.15, -0.1) is 0 Å². The Morgan fingerprint density at radius 2 is 1.69 bits per heavy atom. The van der Waals surface area contributed by atoms with Gasteiger partial charge >= 0.3 is 11.8 Å². The molecule has 8 nitrogen and oxygen atoms in total. The standard InChI is InChI=1S/C27H31FN4O4/c1-35-21-10-8-20(9-11-21)12-13-29-26(33)27(34)30-19-24(25-7-4-18-36-25)32-16-14-31(15-17-32)23-6-3-2-5-22(23)28/h2-11,18,24H,12-17,19H2,1H3,(H,29,33)(H,30,34)/t24-/m0/s1. The lowest BCUT2D eigenvalue weighted by Gasteiger charge is -2.39. The Labute approximate surface area is 210 Å². The first kappa shape index (κ1) is 25.2. The summed E-state index contributed by atoms with van der Waals surface area (Å²) in [6.07, 6.45) is 2.19. The molecule has 1 aliphatic rings. The van der Waals surface area contributed by atoms with E-state index >= 15 is 0 Å². The molecule has 2 aromatic carbocycles. The fourth-order valence-corrected chi connectivity index (χ4v) is 4.34. The summed E-state index contributed by atoms with van der Waals surface area (Å²) in [5.74, 6) is -0.132. The van der Waals surface area contributed by atoms with Crippen LogP contribution in [0.3, 0.4) is 0 Å². The van der Waals surface area contributed by atoms with Gasteiger partial charge in [0.15, 0.2) is 0 Å². The van der Waals surface area contributed by atoms with Crippen LogP contribution in [0.4, 0.5) is 10.1 Å². The Hall–Kier alpha value is -3.85. The third kappa shape index (κ3) is 6.42. The molecule has 2 heterocycles. The van der Waals surface area contributed by atoms with Gasteiger partial charge in [0.25, 0.3) is 0 Å². The molecule has 1 aliphatic heterocycles. The quantitative estimate of drug-likeness (QED) is 0.445. The van der Waals surface area contributed by atoms with E-state index in [1.54, 1.807) is 31.6 Å². The zero-order valence-corrected chi connectivity index (χ0v) is 20.3. The number of ether oxygens (including phenoxy) is 1. The van der Waals surface area contributed by atoms with E-state index in [9.17, 15) is 14.0 Å². The molecular formula is C27H31FN4O4. The molecule has 1 atom stereocenters. The van der Waals surface area contributed by atoms with Crippen LogP contribution < -0.4 is 20.3 Å². The van der Waals surface area contributed by atoms with Gasteiger partial charge in [-0.05, 0) is 48.4 Å². The second-order valence-electron chi connectivity index (χ2n) is 8.57. The molecule has 2 amide bonds. The van der Waals surface area contributed by atoms with E-state index in [1.807, 2.05) is 41.3 Å². The Morgan fingerprint density at radius 3 is 2.36 bits per heavy atom. The number of nitrogens with zero attached hydrogens (tertiary/aromatic N) is 2. The van der Waals surface area contributed by atoms with Gasteiger partial charge < -0.3 is 24.7 Å². The number of carbonyl (C=O) groups excluding carboxylic acids is 2. The summed E-state index contributed by atoms with van der Waals surface area (Å²) in [5.41, 5.74) is 1.62. The molecule has 1 saturated heterocycles. The summed E-state index contributed by atoms with van der Waals surface area (Å²) in [7, 11) is 1.61. The first-order valence-corrected chi connectivity index (χ1v) is 12.0. The van der Waals surface area contributed by atoms with Crippen molar-refractivity contribution in [2.45, 2.75) is 12.5 Å². The van der Waals surface area contributed by atoms with Crippen molar-refractivity contribution in [2.24, 2.45) is 0 Å². The number of benzene rings is 2. The molecule has 1 fully saturated rings. The summed E-state index contributed by atoms with van der Waals surface area (Å²) >= 11 is 0. The maximum atomic E-state index is 14.2. The third-order valence-corrected chi connectivity index (χ3v) is 6.34. The van der Waals surface area contributed by atoms with E-state index in [-0.39, 0.29) is 18.4 Å². The molecule has 36 heavy (non-hydrogen) atoms. The molecule has 4 rings (SSSR count). The lowest BCUT2D eigenvalue weighted by Crippen LogP contribution is -2.51. The lowest BCUT2D eigenvalue weighted by molar-refractivity contribution is -0.139. The van der Waals surface area contributed by atoms with Crippen LogP contribution in [0.15, 0.2) is 71.3 Å². The number of rotatable bonds is 9. The number of furan rings is 1. The number of carbonyl (C=O) groups is 2. The van der Waals surface area contributed by atoms with Gasteiger partial charge in [0.2, 0.25) is 0 Å². The van der Waals surface area contributed by atoms with Crippen molar-refractivity contribution < 1.29 is 23.1 Å². The number of amides is 2. The average molecular weight is 495 g/mol. The van der Waals surface area contributed by atoms with Crippen LogP contribution >= 0.6 is 0 Å². The summed E-state index contributed by atoms with van der Waals surface area (Å²) < 4.78 is 25.0. The molecule has 1 aromatic heterocycles. The smallest absolute Gasteiger partial charge is 0.309 e. The lowest BCUT2D eigenvalue weighted by atomic mass is 10.1. The summed E-state index contributed by atoms with van der Waals surface area (Å²) in [4.78, 5) is 29.0. The van der Waals surface area contributed by atoms with Gasteiger partial charge in [-0.1, -0.05) is 24.3 Å². The van der Waals surface area contributed by atoms with E-state index < -0.39 is 11.8 Å². The molecule has 9 heteroatoms. The van der Waals surface area contributed by atoms with Crippen molar-refractivity contribution in [3.8, 4) is 5.75 Å². The van der Waals surface area contributed by atoms with Gasteiger partial charge in [0.05, 0.1) is 25.1 Å². The van der Waals surface area contributed by atoms with Crippen LogP contribution in [0.2, 0.25) is 0 Å². The first-order chi connectivity index (χ1) is 17.5. The molecule has 0 spiro atoms. The van der Waals surface area contributed by atoms with Crippen LogP contribution in [0, 0.1) is 5.82 Å². The van der Waals surface area contributed by atoms with E-state index in [0.717, 1.165) is 11.3 Å². The van der Waals surface area contributed by atoms with Crippen molar-refractivity contribution in [3.05, 3.63) is 84.1 Å². The maximum Gasteiger partial charge on any atom is 0.309 e. The predicted octanol–water partition coefficient (Wildman–Crippen LogP) is 2.77. The van der Waals surface area contributed by atoms with Gasteiger partial charge in [0.1, 0.15) is 17.3 Å². The third-order valence-electron chi connectivity index (χ3n) is 6.34. The van der Waals surface area contributed by atoms with Crippen LogP contribution in [0.5, 0.6) is 5.75 Å². The molecule has 0 radical (unpaired) electrons. The number of methoxy groups -OCH3 is 1. The highest BCUT2D eigenvalue weighted by Crippen LogP contribution is 2.25. The van der Waals surface area contributed by atoms with Crippen molar-refractivity contribution in [2.75, 3.05) is 51.3 Å². The second kappa shape index (κ2) is 12.2. The van der Waals surface area contributed by atoms with E-state index in [1.165, 1.54) is 6.07 Å². The van der Waals surface area contributed by atoms with Crippen LogP contribution in [0.1, 0.15) is 17.4 Å². The minimum absolute atomic E-state index is 0.220. The zero-order chi connectivity index (χ0) is 25.3. The fraction of sp³-hybridized carbons (Fsp3) is 0.333. The number of hydrogen-bond donors (Lipinski definition) is 2. The number of nitrogens with one attached hydrogen (secondary N) is 2. The monoisotopic (exact) mass is 494 g/mol. The highest BCUT2D eigenvalue weighted by atomic mass is 19.1. The number of piperazine rings is 1. The Bertz CT molecular complexity index is 1130. The van der Waals surface area contributed by atoms with Crippen molar-refractivity contribution in [3.63, 3.8) is 0 Å². The number of para-hydroxylation sites is 1.